The third-order valence-corrected chi connectivity index (χ3v) is 4.71. The average Bonchev–Trinajstić information content (AvgIpc) is 2.66. The molecule has 0 aromatic heterocycles. The maximum atomic E-state index is 12.2. The van der Waals surface area contributed by atoms with Crippen molar-refractivity contribution < 1.29 is 27.6 Å². The molecule has 10 nitrogen and oxygen atoms in total. The summed E-state index contributed by atoms with van der Waals surface area (Å²) in [6.45, 7) is 3.68. The number of benzene rings is 2. The van der Waals surface area contributed by atoms with Crippen LogP contribution >= 0.6 is 0 Å². The number of hydrogen-bond donors (Lipinski definition) is 2. The minimum absolute atomic E-state index is 0.0953. The molecule has 150 valence electrons. The van der Waals surface area contributed by atoms with Crippen LogP contribution in [0.2, 0.25) is 0 Å². The molecule has 0 saturated carbocycles. The third-order valence-electron chi connectivity index (χ3n) is 3.45. The summed E-state index contributed by atoms with van der Waals surface area (Å²) in [6, 6.07) is 8.63. The van der Waals surface area contributed by atoms with E-state index in [4.69, 9.17) is 9.47 Å². The number of hydrogen-bond acceptors (Lipinski definition) is 7. The van der Waals surface area contributed by atoms with Crippen molar-refractivity contribution in [1.29, 1.82) is 0 Å². The number of rotatable bonds is 8. The van der Waals surface area contributed by atoms with Crippen LogP contribution < -0.4 is 19.7 Å². The Morgan fingerprint density at radius 2 is 1.75 bits per heavy atom. The Morgan fingerprint density at radius 1 is 1.11 bits per heavy atom. The molecule has 0 aliphatic heterocycles. The van der Waals surface area contributed by atoms with Gasteiger partial charge >= 0.3 is 0 Å². The summed E-state index contributed by atoms with van der Waals surface area (Å²) in [6.07, 6.45) is -0.0953. The molecule has 0 spiro atoms. The molecule has 11 heteroatoms. The van der Waals surface area contributed by atoms with Gasteiger partial charge in [-0.3, -0.25) is 20.3 Å². The second-order valence-corrected chi connectivity index (χ2v) is 7.53. The molecule has 2 aromatic carbocycles. The molecule has 0 aliphatic carbocycles. The molecular formula is C17H19N3O7S. The first kappa shape index (κ1) is 21.1. The molecule has 28 heavy (non-hydrogen) atoms. The van der Waals surface area contributed by atoms with Crippen molar-refractivity contribution in [3.63, 3.8) is 0 Å². The standard InChI is InChI=1S/C17H19N3O7S/c1-11(2)27-15-9-4-12(10-16(15)26-3)17(21)18-19-28(24,25)14-7-5-13(6-8-14)20(22)23/h4-11,19H,1-3H3,(H,18,21). The predicted molar refractivity (Wildman–Crippen MR) is 99.6 cm³/mol. The van der Waals surface area contributed by atoms with Crippen LogP contribution in [0.1, 0.15) is 24.2 Å². The summed E-state index contributed by atoms with van der Waals surface area (Å²) in [5.74, 6) is 0.0416. The van der Waals surface area contributed by atoms with Gasteiger partial charge in [-0.25, -0.2) is 8.42 Å². The number of carbonyl (C=O) groups is 1. The van der Waals surface area contributed by atoms with Gasteiger partial charge in [-0.05, 0) is 44.2 Å². The second kappa shape index (κ2) is 8.67. The molecule has 1 amide bonds. The number of nitro benzene ring substituents is 1. The summed E-state index contributed by atoms with van der Waals surface area (Å²) in [5, 5.41) is 10.6. The number of methoxy groups -OCH3 is 1. The van der Waals surface area contributed by atoms with Gasteiger partial charge in [0.15, 0.2) is 11.5 Å². The predicted octanol–water partition coefficient (Wildman–Crippen LogP) is 2.01. The molecule has 2 N–H and O–H groups in total. The SMILES string of the molecule is COc1cc(C(=O)NNS(=O)(=O)c2ccc([N+](=O)[O-])cc2)ccc1OC(C)C. The zero-order chi connectivity index (χ0) is 20.9. The molecule has 0 radical (unpaired) electrons. The van der Waals surface area contributed by atoms with Gasteiger partial charge in [0.1, 0.15) is 0 Å². The quantitative estimate of drug-likeness (QED) is 0.502. The Kier molecular flexibility index (Phi) is 6.54. The van der Waals surface area contributed by atoms with E-state index in [-0.39, 0.29) is 22.3 Å². The lowest BCUT2D eigenvalue weighted by atomic mass is 10.2. The molecule has 0 fully saturated rings. The maximum Gasteiger partial charge on any atom is 0.269 e. The van der Waals surface area contributed by atoms with Gasteiger partial charge < -0.3 is 9.47 Å². The number of nitrogens with one attached hydrogen (secondary N) is 2. The van der Waals surface area contributed by atoms with E-state index in [9.17, 15) is 23.3 Å². The van der Waals surface area contributed by atoms with E-state index in [0.29, 0.717) is 11.5 Å². The molecule has 0 aliphatic rings. The van der Waals surface area contributed by atoms with Crippen LogP contribution in [-0.2, 0) is 10.0 Å². The van der Waals surface area contributed by atoms with Crippen LogP contribution in [0.15, 0.2) is 47.4 Å². The molecule has 2 rings (SSSR count). The van der Waals surface area contributed by atoms with E-state index in [2.05, 4.69) is 5.43 Å². The van der Waals surface area contributed by atoms with E-state index in [1.54, 1.807) is 6.07 Å². The van der Waals surface area contributed by atoms with E-state index in [1.165, 1.54) is 19.2 Å². The van der Waals surface area contributed by atoms with Crippen molar-refractivity contribution in [2.24, 2.45) is 0 Å². The van der Waals surface area contributed by atoms with Gasteiger partial charge in [0, 0.05) is 17.7 Å². The Hall–Kier alpha value is -3.18. The Balaban J connectivity index is 2.11. The highest BCUT2D eigenvalue weighted by atomic mass is 32.2. The van der Waals surface area contributed by atoms with Gasteiger partial charge in [-0.1, -0.05) is 0 Å². The number of sulfonamides is 1. The summed E-state index contributed by atoms with van der Waals surface area (Å²) < 4.78 is 35.2. The molecule has 0 atom stereocenters. The van der Waals surface area contributed by atoms with E-state index < -0.39 is 20.9 Å². The van der Waals surface area contributed by atoms with Gasteiger partial charge in [-0.15, -0.1) is 4.83 Å². The van der Waals surface area contributed by atoms with Crippen molar-refractivity contribution in [3.8, 4) is 11.5 Å². The monoisotopic (exact) mass is 409 g/mol. The summed E-state index contributed by atoms with van der Waals surface area (Å²) in [5.41, 5.74) is 1.97. The lowest BCUT2D eigenvalue weighted by Gasteiger charge is -2.14. The molecular weight excluding hydrogens is 390 g/mol. The summed E-state index contributed by atoms with van der Waals surface area (Å²) in [7, 11) is -2.69. The fourth-order valence-corrected chi connectivity index (χ4v) is 2.99. The zero-order valence-corrected chi connectivity index (χ0v) is 16.1. The number of ether oxygens (including phenoxy) is 2. The highest BCUT2D eigenvalue weighted by molar-refractivity contribution is 7.89. The first-order valence-corrected chi connectivity index (χ1v) is 9.53. The number of nitro groups is 1. The highest BCUT2D eigenvalue weighted by Gasteiger charge is 2.18. The van der Waals surface area contributed by atoms with Crippen molar-refractivity contribution in [3.05, 3.63) is 58.1 Å². The minimum Gasteiger partial charge on any atom is -0.493 e. The van der Waals surface area contributed by atoms with E-state index in [1.807, 2.05) is 18.7 Å². The van der Waals surface area contributed by atoms with Crippen LogP contribution in [0.5, 0.6) is 11.5 Å². The van der Waals surface area contributed by atoms with Crippen LogP contribution in [0.25, 0.3) is 0 Å². The fraction of sp³-hybridized carbons (Fsp3) is 0.235. The first-order valence-electron chi connectivity index (χ1n) is 8.05. The van der Waals surface area contributed by atoms with Gasteiger partial charge in [0.2, 0.25) is 0 Å². The average molecular weight is 409 g/mol. The molecule has 0 bridgehead atoms. The van der Waals surface area contributed by atoms with Gasteiger partial charge in [0.25, 0.3) is 21.6 Å². The van der Waals surface area contributed by atoms with Gasteiger partial charge in [0.05, 0.1) is 23.0 Å². The van der Waals surface area contributed by atoms with Gasteiger partial charge in [-0.2, -0.15) is 0 Å². The lowest BCUT2D eigenvalue weighted by Crippen LogP contribution is -2.41. The Morgan fingerprint density at radius 3 is 2.29 bits per heavy atom. The van der Waals surface area contributed by atoms with Crippen molar-refractivity contribution in [2.75, 3.05) is 7.11 Å². The summed E-state index contributed by atoms with van der Waals surface area (Å²) >= 11 is 0. The minimum atomic E-state index is -4.11. The van der Waals surface area contributed by atoms with Crippen molar-refractivity contribution in [2.45, 2.75) is 24.8 Å². The lowest BCUT2D eigenvalue weighted by molar-refractivity contribution is -0.384. The molecule has 2 aromatic rings. The van der Waals surface area contributed by atoms with Crippen LogP contribution in [0, 0.1) is 10.1 Å². The van der Waals surface area contributed by atoms with E-state index in [0.717, 1.165) is 24.3 Å². The maximum absolute atomic E-state index is 12.2. The fourth-order valence-electron chi connectivity index (χ4n) is 2.15. The first-order chi connectivity index (χ1) is 13.1. The van der Waals surface area contributed by atoms with E-state index >= 15 is 0 Å². The van der Waals surface area contributed by atoms with Crippen LogP contribution in [-0.4, -0.2) is 32.5 Å². The normalized spacial score (nSPS) is 11.1. The van der Waals surface area contributed by atoms with Crippen molar-refractivity contribution >= 4 is 21.6 Å². The molecule has 0 heterocycles. The Bertz CT molecular complexity index is 973. The topological polar surface area (TPSA) is 137 Å². The largest absolute Gasteiger partial charge is 0.493 e. The summed E-state index contributed by atoms with van der Waals surface area (Å²) in [4.78, 5) is 23.9. The van der Waals surface area contributed by atoms with Crippen LogP contribution in [0.4, 0.5) is 5.69 Å². The molecule has 0 unspecified atom stereocenters. The molecule has 0 saturated heterocycles. The number of carbonyl (C=O) groups excluding carboxylic acids is 1. The van der Waals surface area contributed by atoms with Crippen LogP contribution in [0.3, 0.4) is 0 Å². The third kappa shape index (κ3) is 5.18. The number of hydrazine groups is 1. The highest BCUT2D eigenvalue weighted by Crippen LogP contribution is 2.29. The number of non-ortho nitro benzene ring substituents is 1. The second-order valence-electron chi connectivity index (χ2n) is 5.84. The zero-order valence-electron chi connectivity index (χ0n) is 15.3. The number of nitrogens with zero attached hydrogens (tertiary/aromatic N) is 1. The smallest absolute Gasteiger partial charge is 0.269 e. The Labute approximate surface area is 161 Å². The number of amides is 1. The van der Waals surface area contributed by atoms with Crippen molar-refractivity contribution in [1.82, 2.24) is 10.3 Å².